The Morgan fingerprint density at radius 3 is 2.09 bits per heavy atom. The molecule has 2 aromatic rings. The van der Waals surface area contributed by atoms with Crippen LogP contribution in [0.5, 0.6) is 11.5 Å². The van der Waals surface area contributed by atoms with Crippen molar-refractivity contribution in [1.82, 2.24) is 10.2 Å². The molecule has 0 bridgehead atoms. The van der Waals surface area contributed by atoms with Gasteiger partial charge in [0.2, 0.25) is 11.8 Å². The molecule has 2 saturated heterocycles. The lowest BCUT2D eigenvalue weighted by molar-refractivity contribution is -0.155. The van der Waals surface area contributed by atoms with E-state index >= 15 is 0 Å². The SMILES string of the molecule is CC(C)C1(C(=O)O)NC(c2ccc(Oc3ccccc3)cc2)C2C(=O)N(C(C)(C)C)C(=O)C21. The van der Waals surface area contributed by atoms with Gasteiger partial charge in [-0.1, -0.05) is 44.2 Å². The van der Waals surface area contributed by atoms with Crippen LogP contribution in [0.25, 0.3) is 0 Å². The number of nitrogens with zero attached hydrogens (tertiary/aromatic N) is 1. The van der Waals surface area contributed by atoms with E-state index < -0.39 is 46.7 Å². The Labute approximate surface area is 193 Å². The van der Waals surface area contributed by atoms with E-state index in [4.69, 9.17) is 4.74 Å². The summed E-state index contributed by atoms with van der Waals surface area (Å²) in [6, 6.07) is 16.0. The molecule has 0 spiro atoms. The van der Waals surface area contributed by atoms with E-state index in [0.29, 0.717) is 11.5 Å². The van der Waals surface area contributed by atoms with Gasteiger partial charge in [0.05, 0.1) is 11.8 Å². The van der Waals surface area contributed by atoms with Gasteiger partial charge < -0.3 is 9.84 Å². The van der Waals surface area contributed by atoms with E-state index in [1.165, 1.54) is 4.90 Å². The Morgan fingerprint density at radius 2 is 1.58 bits per heavy atom. The second-order valence-electron chi connectivity index (χ2n) is 10.1. The van der Waals surface area contributed by atoms with Crippen molar-refractivity contribution < 1.29 is 24.2 Å². The Bertz CT molecular complexity index is 1070. The van der Waals surface area contributed by atoms with Crippen molar-refractivity contribution >= 4 is 17.8 Å². The fourth-order valence-electron chi connectivity index (χ4n) is 5.23. The van der Waals surface area contributed by atoms with Crippen LogP contribution in [0, 0.1) is 17.8 Å². The van der Waals surface area contributed by atoms with Crippen LogP contribution < -0.4 is 10.1 Å². The van der Waals surface area contributed by atoms with Gasteiger partial charge in [0.1, 0.15) is 17.0 Å². The van der Waals surface area contributed by atoms with Gasteiger partial charge in [-0.2, -0.15) is 0 Å². The van der Waals surface area contributed by atoms with Crippen LogP contribution in [0.4, 0.5) is 0 Å². The summed E-state index contributed by atoms with van der Waals surface area (Å²) in [4.78, 5) is 40.8. The summed E-state index contributed by atoms with van der Waals surface area (Å²) < 4.78 is 5.86. The Morgan fingerprint density at radius 1 is 1.00 bits per heavy atom. The average Bonchev–Trinajstić information content (AvgIpc) is 3.24. The second-order valence-corrected chi connectivity index (χ2v) is 10.1. The number of hydrogen-bond donors (Lipinski definition) is 2. The van der Waals surface area contributed by atoms with Crippen molar-refractivity contribution in [2.45, 2.75) is 51.7 Å². The predicted molar refractivity (Wildman–Crippen MR) is 123 cm³/mol. The molecule has 0 saturated carbocycles. The van der Waals surface area contributed by atoms with Crippen molar-refractivity contribution in [3.05, 3.63) is 60.2 Å². The first-order valence-electron chi connectivity index (χ1n) is 11.2. The van der Waals surface area contributed by atoms with Crippen LogP contribution in [0.1, 0.15) is 46.2 Å². The third kappa shape index (κ3) is 3.60. The zero-order valence-electron chi connectivity index (χ0n) is 19.5. The average molecular weight is 451 g/mol. The molecule has 2 aliphatic heterocycles. The first-order chi connectivity index (χ1) is 15.5. The second kappa shape index (κ2) is 7.99. The van der Waals surface area contributed by atoms with Crippen LogP contribution in [-0.2, 0) is 14.4 Å². The monoisotopic (exact) mass is 450 g/mol. The summed E-state index contributed by atoms with van der Waals surface area (Å²) in [5.74, 6) is -2.73. The molecule has 0 aliphatic carbocycles. The molecule has 4 unspecified atom stereocenters. The summed E-state index contributed by atoms with van der Waals surface area (Å²) in [5, 5.41) is 13.5. The van der Waals surface area contributed by atoms with Crippen LogP contribution >= 0.6 is 0 Å². The smallest absolute Gasteiger partial charge is 0.325 e. The Kier molecular flexibility index (Phi) is 5.56. The summed E-state index contributed by atoms with van der Waals surface area (Å²) in [7, 11) is 0. The summed E-state index contributed by atoms with van der Waals surface area (Å²) in [5.41, 5.74) is -1.54. The van der Waals surface area contributed by atoms with Crippen LogP contribution in [0.3, 0.4) is 0 Å². The number of aliphatic carboxylic acids is 1. The molecule has 4 rings (SSSR count). The highest BCUT2D eigenvalue weighted by Crippen LogP contribution is 2.52. The molecule has 7 nitrogen and oxygen atoms in total. The zero-order valence-corrected chi connectivity index (χ0v) is 19.5. The molecule has 33 heavy (non-hydrogen) atoms. The summed E-state index contributed by atoms with van der Waals surface area (Å²) >= 11 is 0. The maximum absolute atomic E-state index is 13.5. The summed E-state index contributed by atoms with van der Waals surface area (Å²) in [6.45, 7) is 8.92. The molecule has 7 heteroatoms. The molecule has 2 aliphatic rings. The largest absolute Gasteiger partial charge is 0.480 e. The number of carbonyl (C=O) groups excluding carboxylic acids is 2. The number of amides is 2. The number of ether oxygens (including phenoxy) is 1. The number of benzene rings is 2. The van der Waals surface area contributed by atoms with Gasteiger partial charge in [-0.3, -0.25) is 24.6 Å². The number of fused-ring (bicyclic) bond motifs is 1. The van der Waals surface area contributed by atoms with Crippen molar-refractivity contribution in [3.63, 3.8) is 0 Å². The molecule has 2 amide bonds. The van der Waals surface area contributed by atoms with Gasteiger partial charge in [0.15, 0.2) is 0 Å². The number of para-hydroxylation sites is 1. The van der Waals surface area contributed by atoms with Gasteiger partial charge in [0, 0.05) is 11.6 Å². The van der Waals surface area contributed by atoms with E-state index in [0.717, 1.165) is 5.56 Å². The van der Waals surface area contributed by atoms with Gasteiger partial charge in [-0.05, 0) is 56.5 Å². The lowest BCUT2D eigenvalue weighted by Crippen LogP contribution is -2.60. The number of rotatable bonds is 5. The van der Waals surface area contributed by atoms with Crippen molar-refractivity contribution in [2.75, 3.05) is 0 Å². The number of hydrogen-bond acceptors (Lipinski definition) is 5. The zero-order chi connectivity index (χ0) is 24.1. The Balaban J connectivity index is 1.73. The number of carbonyl (C=O) groups is 3. The molecule has 2 N–H and O–H groups in total. The molecule has 2 heterocycles. The van der Waals surface area contributed by atoms with Crippen LogP contribution in [-0.4, -0.2) is 38.9 Å². The minimum absolute atomic E-state index is 0.330. The third-order valence-electron chi connectivity index (χ3n) is 6.75. The van der Waals surface area contributed by atoms with Gasteiger partial charge in [0.25, 0.3) is 0 Å². The van der Waals surface area contributed by atoms with Crippen LogP contribution in [0.15, 0.2) is 54.6 Å². The number of carboxylic acid groups (broad SMARTS) is 1. The van der Waals surface area contributed by atoms with E-state index in [2.05, 4.69) is 5.32 Å². The quantitative estimate of drug-likeness (QED) is 0.669. The minimum atomic E-state index is -1.54. The fraction of sp³-hybridized carbons (Fsp3) is 0.423. The fourth-order valence-corrected chi connectivity index (χ4v) is 5.23. The standard InChI is InChI=1S/C26H30N2O5/c1-15(2)26(24(31)32)20-19(22(29)28(23(20)30)25(3,4)5)21(27-26)16-11-13-18(14-12-16)33-17-9-7-6-8-10-17/h6-15,19-21,27H,1-5H3,(H,31,32). The maximum atomic E-state index is 13.5. The molecule has 0 aromatic heterocycles. The maximum Gasteiger partial charge on any atom is 0.325 e. The lowest BCUT2D eigenvalue weighted by atomic mass is 9.73. The van der Waals surface area contributed by atoms with E-state index in [1.807, 2.05) is 42.5 Å². The summed E-state index contributed by atoms with van der Waals surface area (Å²) in [6.07, 6.45) is 0. The third-order valence-corrected chi connectivity index (χ3v) is 6.75. The highest BCUT2D eigenvalue weighted by molar-refractivity contribution is 6.10. The van der Waals surface area contributed by atoms with Gasteiger partial charge in [-0.15, -0.1) is 0 Å². The highest BCUT2D eigenvalue weighted by Gasteiger charge is 2.70. The normalized spacial score (nSPS) is 27.2. The Hall–Kier alpha value is -3.19. The van der Waals surface area contributed by atoms with Gasteiger partial charge in [-0.25, -0.2) is 0 Å². The van der Waals surface area contributed by atoms with Crippen molar-refractivity contribution in [2.24, 2.45) is 17.8 Å². The first-order valence-corrected chi connectivity index (χ1v) is 11.2. The predicted octanol–water partition coefficient (Wildman–Crippen LogP) is 4.00. The van der Waals surface area contributed by atoms with E-state index in [1.54, 1.807) is 46.8 Å². The molecule has 2 fully saturated rings. The number of carboxylic acids is 1. The van der Waals surface area contributed by atoms with E-state index in [9.17, 15) is 19.5 Å². The first kappa shape index (κ1) is 23.0. The van der Waals surface area contributed by atoms with Crippen molar-refractivity contribution in [3.8, 4) is 11.5 Å². The minimum Gasteiger partial charge on any atom is -0.480 e. The molecular weight excluding hydrogens is 420 g/mol. The van der Waals surface area contributed by atoms with Gasteiger partial charge >= 0.3 is 5.97 Å². The lowest BCUT2D eigenvalue weighted by Gasteiger charge is -2.37. The highest BCUT2D eigenvalue weighted by atomic mass is 16.5. The number of nitrogens with one attached hydrogen (secondary N) is 1. The molecule has 0 radical (unpaired) electrons. The van der Waals surface area contributed by atoms with E-state index in [-0.39, 0.29) is 5.91 Å². The number of likely N-dealkylation sites (tertiary alicyclic amines) is 1. The molecule has 2 aromatic carbocycles. The number of imide groups is 1. The molecular formula is C26H30N2O5. The van der Waals surface area contributed by atoms with Crippen LogP contribution in [0.2, 0.25) is 0 Å². The molecule has 174 valence electrons. The topological polar surface area (TPSA) is 95.9 Å². The molecule has 4 atom stereocenters. The van der Waals surface area contributed by atoms with Crippen molar-refractivity contribution in [1.29, 1.82) is 0 Å².